The quantitative estimate of drug-likeness (QED) is 0.189. The van der Waals surface area contributed by atoms with Crippen molar-refractivity contribution in [2.45, 2.75) is 44.9 Å². The van der Waals surface area contributed by atoms with Crippen LogP contribution in [0.25, 0.3) is 0 Å². The average molecular weight is 469 g/mol. The number of para-hydroxylation sites is 1. The molecule has 0 aliphatic heterocycles. The summed E-state index contributed by atoms with van der Waals surface area (Å²) >= 11 is 5.88. The molecule has 0 fully saturated rings. The Labute approximate surface area is 200 Å². The normalized spacial score (nSPS) is 12.6. The van der Waals surface area contributed by atoms with Gasteiger partial charge in [-0.1, -0.05) is 61.2 Å². The third kappa shape index (κ3) is 11.7. The second-order valence-corrected chi connectivity index (χ2v) is 8.04. The molecular weight excluding hydrogens is 436 g/mol. The van der Waals surface area contributed by atoms with E-state index < -0.39 is 0 Å². The Morgan fingerprint density at radius 3 is 2.24 bits per heavy atom. The van der Waals surface area contributed by atoms with Crippen molar-refractivity contribution in [3.8, 4) is 0 Å². The highest BCUT2D eigenvalue weighted by atomic mass is 35.5. The van der Waals surface area contributed by atoms with Gasteiger partial charge in [0, 0.05) is 30.1 Å². The summed E-state index contributed by atoms with van der Waals surface area (Å²) in [5, 5.41) is 11.6. The van der Waals surface area contributed by atoms with Crippen molar-refractivity contribution in [3.63, 3.8) is 0 Å². The third-order valence-corrected chi connectivity index (χ3v) is 4.96. The third-order valence-electron chi connectivity index (χ3n) is 4.71. The zero-order valence-corrected chi connectivity index (χ0v) is 19.6. The monoisotopic (exact) mass is 468 g/mol. The van der Waals surface area contributed by atoms with E-state index >= 15 is 0 Å². The van der Waals surface area contributed by atoms with E-state index in [1.54, 1.807) is 0 Å². The van der Waals surface area contributed by atoms with Gasteiger partial charge in [-0.2, -0.15) is 4.99 Å². The SMILES string of the molecule is N=C(Cc1ccc(Cl)cc1)N=C(N)CCCCCCCN=C(N)N=C(N)Nc1ccccc1. The van der Waals surface area contributed by atoms with E-state index in [0.717, 1.165) is 43.4 Å². The van der Waals surface area contributed by atoms with Gasteiger partial charge in [0.25, 0.3) is 0 Å². The molecule has 0 radical (unpaired) electrons. The van der Waals surface area contributed by atoms with Gasteiger partial charge in [0.15, 0.2) is 0 Å². The van der Waals surface area contributed by atoms with Gasteiger partial charge in [0.05, 0.1) is 0 Å². The fourth-order valence-electron chi connectivity index (χ4n) is 3.06. The molecular formula is C24H33ClN8. The maximum absolute atomic E-state index is 7.99. The molecule has 0 spiro atoms. The second kappa shape index (κ2) is 14.6. The summed E-state index contributed by atoms with van der Waals surface area (Å²) in [7, 11) is 0. The Bertz CT molecular complexity index is 952. The van der Waals surface area contributed by atoms with E-state index in [4.69, 9.17) is 34.2 Å². The van der Waals surface area contributed by atoms with Crippen LogP contribution >= 0.6 is 11.6 Å². The molecule has 0 saturated heterocycles. The molecule has 0 saturated carbocycles. The van der Waals surface area contributed by atoms with Gasteiger partial charge in [0.2, 0.25) is 11.9 Å². The largest absolute Gasteiger partial charge is 0.387 e. The minimum absolute atomic E-state index is 0.168. The predicted octanol–water partition coefficient (Wildman–Crippen LogP) is 4.30. The molecule has 2 rings (SSSR count). The highest BCUT2D eigenvalue weighted by Crippen LogP contribution is 2.11. The van der Waals surface area contributed by atoms with Crippen molar-refractivity contribution in [1.82, 2.24) is 0 Å². The van der Waals surface area contributed by atoms with E-state index in [1.807, 2.05) is 54.6 Å². The number of unbranched alkanes of at least 4 members (excludes halogenated alkanes) is 4. The van der Waals surface area contributed by atoms with Crippen LogP contribution in [0.15, 0.2) is 69.6 Å². The van der Waals surface area contributed by atoms with Crippen LogP contribution in [0.2, 0.25) is 5.02 Å². The number of guanidine groups is 2. The van der Waals surface area contributed by atoms with Gasteiger partial charge in [-0.3, -0.25) is 10.4 Å². The minimum atomic E-state index is 0.168. The Kier molecular flexibility index (Phi) is 11.5. The first-order chi connectivity index (χ1) is 15.9. The Morgan fingerprint density at radius 1 is 0.848 bits per heavy atom. The van der Waals surface area contributed by atoms with Crippen LogP contribution in [-0.4, -0.2) is 30.1 Å². The van der Waals surface area contributed by atoms with Gasteiger partial charge >= 0.3 is 0 Å². The van der Waals surface area contributed by atoms with Gasteiger partial charge in [-0.15, -0.1) is 0 Å². The molecule has 9 heteroatoms. The first-order valence-electron chi connectivity index (χ1n) is 11.0. The number of nitrogens with one attached hydrogen (secondary N) is 2. The number of anilines is 1. The summed E-state index contributed by atoms with van der Waals surface area (Å²) in [5.74, 6) is 1.14. The predicted molar refractivity (Wildman–Crippen MR) is 140 cm³/mol. The van der Waals surface area contributed by atoms with Crippen LogP contribution in [0.5, 0.6) is 0 Å². The number of nitrogens with zero attached hydrogens (tertiary/aromatic N) is 3. The van der Waals surface area contributed by atoms with E-state index in [9.17, 15) is 0 Å². The van der Waals surface area contributed by atoms with E-state index in [-0.39, 0.29) is 17.8 Å². The number of hydrogen-bond acceptors (Lipinski definition) is 2. The van der Waals surface area contributed by atoms with Crippen molar-refractivity contribution in [2.24, 2.45) is 32.2 Å². The highest BCUT2D eigenvalue weighted by Gasteiger charge is 2.01. The van der Waals surface area contributed by atoms with Crippen molar-refractivity contribution >= 4 is 40.9 Å². The fourth-order valence-corrected chi connectivity index (χ4v) is 3.19. The van der Waals surface area contributed by atoms with Crippen LogP contribution in [0.3, 0.4) is 0 Å². The molecule has 2 aromatic rings. The average Bonchev–Trinajstić information content (AvgIpc) is 2.77. The standard InChI is InChI=1S/C24H33ClN8/c25-19-14-12-18(13-15-19)17-22(27)32-21(26)11-7-2-1-3-8-16-30-23(28)33-24(29)31-20-9-5-4-6-10-20/h4-6,9-10,12-15H,1-3,7-8,11,16-17H2,(H3,26,27,32)(H5,28,29,30,31,33). The number of amidine groups is 2. The molecule has 2 aromatic carbocycles. The van der Waals surface area contributed by atoms with E-state index in [1.165, 1.54) is 0 Å². The molecule has 0 amide bonds. The summed E-state index contributed by atoms with van der Waals surface area (Å²) in [5.41, 5.74) is 19.4. The van der Waals surface area contributed by atoms with Gasteiger partial charge < -0.3 is 22.5 Å². The maximum Gasteiger partial charge on any atom is 0.218 e. The van der Waals surface area contributed by atoms with Crippen LogP contribution < -0.4 is 22.5 Å². The molecule has 33 heavy (non-hydrogen) atoms. The molecule has 0 aliphatic carbocycles. The summed E-state index contributed by atoms with van der Waals surface area (Å²) in [6.07, 6.45) is 6.17. The van der Waals surface area contributed by atoms with Gasteiger partial charge in [0.1, 0.15) is 11.7 Å². The van der Waals surface area contributed by atoms with Crippen molar-refractivity contribution < 1.29 is 0 Å². The number of aliphatic imine (C=N–C) groups is 3. The van der Waals surface area contributed by atoms with E-state index in [0.29, 0.717) is 30.2 Å². The Hall–Kier alpha value is -3.39. The molecule has 0 aromatic heterocycles. The topological polar surface area (TPSA) is 151 Å². The minimum Gasteiger partial charge on any atom is -0.387 e. The van der Waals surface area contributed by atoms with Crippen molar-refractivity contribution in [3.05, 3.63) is 65.2 Å². The number of benzene rings is 2. The number of hydrogen-bond donors (Lipinski definition) is 5. The molecule has 0 atom stereocenters. The molecule has 0 heterocycles. The molecule has 8 N–H and O–H groups in total. The first-order valence-corrected chi connectivity index (χ1v) is 11.4. The zero-order valence-electron chi connectivity index (χ0n) is 18.8. The summed E-state index contributed by atoms with van der Waals surface area (Å²) in [6, 6.07) is 16.9. The molecule has 0 unspecified atom stereocenters. The lowest BCUT2D eigenvalue weighted by atomic mass is 10.1. The lowest BCUT2D eigenvalue weighted by Crippen LogP contribution is -2.26. The van der Waals surface area contributed by atoms with Crippen LogP contribution in [0.4, 0.5) is 5.69 Å². The second-order valence-electron chi connectivity index (χ2n) is 7.60. The van der Waals surface area contributed by atoms with Crippen LogP contribution in [0.1, 0.15) is 44.1 Å². The van der Waals surface area contributed by atoms with Crippen LogP contribution in [0, 0.1) is 5.41 Å². The van der Waals surface area contributed by atoms with Crippen molar-refractivity contribution in [2.75, 3.05) is 11.9 Å². The van der Waals surface area contributed by atoms with Crippen LogP contribution in [-0.2, 0) is 6.42 Å². The zero-order chi connectivity index (χ0) is 23.9. The molecule has 0 aliphatic rings. The number of rotatable bonds is 11. The highest BCUT2D eigenvalue weighted by molar-refractivity contribution is 6.30. The number of nitrogens with two attached hydrogens (primary N) is 3. The molecule has 8 nitrogen and oxygen atoms in total. The lowest BCUT2D eigenvalue weighted by molar-refractivity contribution is 0.627. The summed E-state index contributed by atoms with van der Waals surface area (Å²) in [4.78, 5) is 12.5. The molecule has 0 bridgehead atoms. The first kappa shape index (κ1) is 25.9. The van der Waals surface area contributed by atoms with Gasteiger partial charge in [-0.25, -0.2) is 4.99 Å². The van der Waals surface area contributed by atoms with Gasteiger partial charge in [-0.05, 0) is 42.7 Å². The lowest BCUT2D eigenvalue weighted by Gasteiger charge is -2.05. The Morgan fingerprint density at radius 2 is 1.52 bits per heavy atom. The maximum atomic E-state index is 7.99. The Balaban J connectivity index is 1.55. The molecule has 176 valence electrons. The van der Waals surface area contributed by atoms with Crippen molar-refractivity contribution in [1.29, 1.82) is 5.41 Å². The summed E-state index contributed by atoms with van der Waals surface area (Å²) < 4.78 is 0. The summed E-state index contributed by atoms with van der Waals surface area (Å²) in [6.45, 7) is 0.611. The van der Waals surface area contributed by atoms with E-state index in [2.05, 4.69) is 20.3 Å². The number of halogens is 1. The smallest absolute Gasteiger partial charge is 0.218 e. The fraction of sp³-hybridized carbons (Fsp3) is 0.333.